The molecule has 0 heterocycles. The van der Waals surface area contributed by atoms with Gasteiger partial charge in [-0.25, -0.2) is 0 Å². The van der Waals surface area contributed by atoms with Crippen LogP contribution in [0, 0.1) is 0 Å². The van der Waals surface area contributed by atoms with E-state index >= 15 is 0 Å². The fourth-order valence-electron chi connectivity index (χ4n) is 0. The molecule has 0 saturated heterocycles. The van der Waals surface area contributed by atoms with Gasteiger partial charge in [-0.3, -0.25) is 0 Å². The summed E-state index contributed by atoms with van der Waals surface area (Å²) in [5.41, 5.74) is 0. The SMILES string of the molecule is C.C[Si](C)(C)C.C[Si](C)C.C[Si](C)C.[Y]. The van der Waals surface area contributed by atoms with E-state index < -0.39 is 8.07 Å². The van der Waals surface area contributed by atoms with Crippen LogP contribution in [0.2, 0.25) is 65.5 Å². The number of hydrogen-bond acceptors (Lipinski definition) is 0. The summed E-state index contributed by atoms with van der Waals surface area (Å²) in [6.45, 7) is 22.9. The van der Waals surface area contributed by atoms with Crippen LogP contribution >= 0.6 is 0 Å². The first-order chi connectivity index (χ1) is 5.46. The van der Waals surface area contributed by atoms with E-state index in [0.717, 1.165) is 0 Å². The van der Waals surface area contributed by atoms with Crippen LogP contribution in [0.15, 0.2) is 0 Å². The average Bonchev–Trinajstić information content (AvgIpc) is 1.50. The van der Waals surface area contributed by atoms with Crippen LogP contribution in [0.1, 0.15) is 7.43 Å². The van der Waals surface area contributed by atoms with Crippen molar-refractivity contribution in [2.75, 3.05) is 0 Å². The zero-order chi connectivity index (χ0) is 11.7. The van der Waals surface area contributed by atoms with Gasteiger partial charge < -0.3 is 0 Å². The average molecular weight is 340 g/mol. The van der Waals surface area contributed by atoms with Crippen molar-refractivity contribution in [1.29, 1.82) is 0 Å². The molecule has 0 N–H and O–H groups in total. The Morgan fingerprint density at radius 3 is 0.600 bits per heavy atom. The van der Waals surface area contributed by atoms with E-state index in [9.17, 15) is 0 Å². The summed E-state index contributed by atoms with van der Waals surface area (Å²) < 4.78 is 0. The van der Waals surface area contributed by atoms with Gasteiger partial charge in [-0.05, 0) is 0 Å². The van der Waals surface area contributed by atoms with Gasteiger partial charge in [0.2, 0.25) is 0 Å². The van der Waals surface area contributed by atoms with Gasteiger partial charge in [0.1, 0.15) is 0 Å². The van der Waals surface area contributed by atoms with Crippen LogP contribution in [0.5, 0.6) is 0 Å². The Morgan fingerprint density at radius 1 is 0.600 bits per heavy atom. The predicted octanol–water partition coefficient (Wildman–Crippen LogP) is 5.33. The van der Waals surface area contributed by atoms with Crippen LogP contribution in [0.3, 0.4) is 0 Å². The zero-order valence-electron chi connectivity index (χ0n) is 12.1. The van der Waals surface area contributed by atoms with Crippen LogP contribution in [-0.4, -0.2) is 25.7 Å². The fraction of sp³-hybridized carbons (Fsp3) is 1.00. The Morgan fingerprint density at radius 2 is 0.600 bits per heavy atom. The minimum absolute atomic E-state index is 0. The van der Waals surface area contributed by atoms with E-state index in [4.69, 9.17) is 0 Å². The van der Waals surface area contributed by atoms with Gasteiger partial charge in [0.25, 0.3) is 0 Å². The summed E-state index contributed by atoms with van der Waals surface area (Å²) in [5.74, 6) is 0. The molecule has 0 bridgehead atoms. The van der Waals surface area contributed by atoms with E-state index in [2.05, 4.69) is 65.5 Å². The zero-order valence-corrected chi connectivity index (χ0v) is 17.9. The van der Waals surface area contributed by atoms with Gasteiger partial charge in [-0.1, -0.05) is 72.9 Å². The van der Waals surface area contributed by atoms with Crippen molar-refractivity contribution in [1.82, 2.24) is 0 Å². The molecule has 0 amide bonds. The normalized spacial score (nSPS) is 8.80. The molecule has 0 aromatic rings. The molecule has 0 aromatic heterocycles. The summed E-state index contributed by atoms with van der Waals surface area (Å²) in [6.07, 6.45) is 0. The molecule has 0 nitrogen and oxygen atoms in total. The standard InChI is InChI=1S/C4H12Si.2C3H9Si.CH4.Y/c1-5(2,3)4;2*1-4(2)3;;/h1-4H3;2*1-3H3;1H4;. The molecule has 93 valence electrons. The Balaban J connectivity index is -0.0000000315. The van der Waals surface area contributed by atoms with Crippen molar-refractivity contribution in [3.8, 4) is 0 Å². The monoisotopic (exact) mass is 339 g/mol. The van der Waals surface area contributed by atoms with E-state index in [-0.39, 0.29) is 57.7 Å². The molecule has 3 radical (unpaired) electrons. The molecule has 4 heteroatoms. The molecule has 0 aliphatic carbocycles. The molecule has 0 fully saturated rings. The van der Waals surface area contributed by atoms with Crippen molar-refractivity contribution < 1.29 is 32.7 Å². The van der Waals surface area contributed by atoms with Crippen LogP contribution in [0.25, 0.3) is 0 Å². The minimum atomic E-state index is -0.611. The minimum Gasteiger partial charge on any atom is -0.0776 e. The Hall–Kier alpha value is 1.75. The molecule has 15 heavy (non-hydrogen) atoms. The molecule has 0 saturated carbocycles. The van der Waals surface area contributed by atoms with Crippen LogP contribution in [0.4, 0.5) is 0 Å². The van der Waals surface area contributed by atoms with Gasteiger partial charge in [0.15, 0.2) is 0 Å². The largest absolute Gasteiger partial charge is 0.0776 e. The third-order valence-electron chi connectivity index (χ3n) is 0. The first-order valence-electron chi connectivity index (χ1n) is 5.00. The van der Waals surface area contributed by atoms with E-state index in [1.54, 1.807) is 0 Å². The molecule has 0 aliphatic heterocycles. The Labute approximate surface area is 130 Å². The van der Waals surface area contributed by atoms with Crippen LogP contribution in [-0.2, 0) is 32.7 Å². The summed E-state index contributed by atoms with van der Waals surface area (Å²) in [4.78, 5) is 0. The molecule has 0 unspecified atom stereocenters. The number of rotatable bonds is 0. The summed E-state index contributed by atoms with van der Waals surface area (Å²) in [5, 5.41) is 0. The second kappa shape index (κ2) is 18.1. The third-order valence-corrected chi connectivity index (χ3v) is 0. The second-order valence-corrected chi connectivity index (χ2v) is 18.0. The van der Waals surface area contributed by atoms with Gasteiger partial charge in [-0.2, -0.15) is 0 Å². The quantitative estimate of drug-likeness (QED) is 0.523. The first kappa shape index (κ1) is 30.1. The van der Waals surface area contributed by atoms with Crippen molar-refractivity contribution in [3.63, 3.8) is 0 Å². The maximum absolute atomic E-state index is 2.33. The third kappa shape index (κ3) is 968. The molecule has 0 aromatic carbocycles. The molecule has 0 aliphatic rings. The van der Waals surface area contributed by atoms with E-state index in [0.29, 0.717) is 0 Å². The molecule has 0 rings (SSSR count). The van der Waals surface area contributed by atoms with Gasteiger partial charge in [0.05, 0.1) is 0 Å². The van der Waals surface area contributed by atoms with Crippen molar-refractivity contribution in [3.05, 3.63) is 0 Å². The summed E-state index contributed by atoms with van der Waals surface area (Å²) in [7, 11) is -0.370. The summed E-state index contributed by atoms with van der Waals surface area (Å²) >= 11 is 0. The summed E-state index contributed by atoms with van der Waals surface area (Å²) in [6, 6.07) is 0. The second-order valence-electron chi connectivity index (χ2n) is 6.00. The maximum Gasteiger partial charge on any atom is 0.0411 e. The maximum atomic E-state index is 2.33. The molecular weight excluding hydrogens is 305 g/mol. The van der Waals surface area contributed by atoms with E-state index in [1.807, 2.05) is 0 Å². The molecule has 0 spiro atoms. The topological polar surface area (TPSA) is 0 Å². The van der Waals surface area contributed by atoms with Crippen LogP contribution < -0.4 is 0 Å². The van der Waals surface area contributed by atoms with Gasteiger partial charge in [0, 0.05) is 58.4 Å². The van der Waals surface area contributed by atoms with Crippen molar-refractivity contribution in [2.45, 2.75) is 72.9 Å². The predicted molar refractivity (Wildman–Crippen MR) is 82.6 cm³/mol. The van der Waals surface area contributed by atoms with E-state index in [1.165, 1.54) is 0 Å². The number of hydrogen-bond donors (Lipinski definition) is 0. The first-order valence-corrected chi connectivity index (χ1v) is 15.0. The molecular formula is C11H34Si3Y. The van der Waals surface area contributed by atoms with Crippen molar-refractivity contribution in [2.24, 2.45) is 0 Å². The fourth-order valence-corrected chi connectivity index (χ4v) is 0. The smallest absolute Gasteiger partial charge is 0.0411 e. The van der Waals surface area contributed by atoms with Crippen molar-refractivity contribution >= 4 is 25.7 Å². The molecule has 0 atom stereocenters. The van der Waals surface area contributed by atoms with Gasteiger partial charge in [-0.15, -0.1) is 0 Å². The van der Waals surface area contributed by atoms with Gasteiger partial charge >= 0.3 is 0 Å². The Bertz CT molecular complexity index is 70.8. The Kier molecular flexibility index (Phi) is 36.4.